The zero-order valence-corrected chi connectivity index (χ0v) is 14.8. The van der Waals surface area contributed by atoms with E-state index in [0.717, 1.165) is 12.1 Å². The summed E-state index contributed by atoms with van der Waals surface area (Å²) in [6.07, 6.45) is -5.21. The highest BCUT2D eigenvalue weighted by atomic mass is 19.4. The lowest BCUT2D eigenvalue weighted by molar-refractivity contribution is -0.204. The van der Waals surface area contributed by atoms with Crippen molar-refractivity contribution >= 4 is 17.9 Å². The van der Waals surface area contributed by atoms with Gasteiger partial charge in [0, 0.05) is 18.7 Å². The fourth-order valence-electron chi connectivity index (χ4n) is 2.64. The van der Waals surface area contributed by atoms with Gasteiger partial charge in [0.05, 0.1) is 19.8 Å². The number of carbonyl (C=O) groups is 1. The van der Waals surface area contributed by atoms with Crippen molar-refractivity contribution in [1.29, 1.82) is 0 Å². The lowest BCUT2D eigenvalue weighted by Crippen LogP contribution is -2.56. The first-order valence-corrected chi connectivity index (χ1v) is 8.47. The number of benzene rings is 1. The summed E-state index contributed by atoms with van der Waals surface area (Å²) in [6, 6.07) is 4.22. The average Bonchev–Trinajstić information content (AvgIpc) is 2.67. The molecule has 0 N–H and O–H groups in total. The Morgan fingerprint density at radius 1 is 1.29 bits per heavy atom. The molecule has 0 saturated carbocycles. The molecule has 0 aliphatic carbocycles. The molecule has 0 radical (unpaired) electrons. The number of aliphatic imine (C=N–C) groups is 2. The van der Waals surface area contributed by atoms with Crippen LogP contribution < -0.4 is 0 Å². The smallest absolute Gasteiger partial charge is 0.446 e. The van der Waals surface area contributed by atoms with Gasteiger partial charge in [-0.15, -0.1) is 0 Å². The van der Waals surface area contributed by atoms with Crippen LogP contribution in [0, 0.1) is 5.82 Å². The fourth-order valence-corrected chi connectivity index (χ4v) is 2.64. The molecular formula is C17H17F4N3O4. The highest BCUT2D eigenvalue weighted by Gasteiger charge is 2.65. The summed E-state index contributed by atoms with van der Waals surface area (Å²) in [4.78, 5) is 20.7. The molecule has 1 aromatic rings. The summed E-state index contributed by atoms with van der Waals surface area (Å²) >= 11 is 0. The van der Waals surface area contributed by atoms with Crippen molar-refractivity contribution in [2.24, 2.45) is 9.98 Å². The van der Waals surface area contributed by atoms with E-state index in [1.807, 2.05) is 0 Å². The molecule has 28 heavy (non-hydrogen) atoms. The maximum atomic E-state index is 14.0. The maximum absolute atomic E-state index is 14.0. The molecule has 1 aromatic carbocycles. The molecule has 2 heterocycles. The number of nitrogens with zero attached hydrogens (tertiary/aromatic N) is 3. The van der Waals surface area contributed by atoms with Gasteiger partial charge in [-0.1, -0.05) is 6.07 Å². The summed E-state index contributed by atoms with van der Waals surface area (Å²) in [7, 11) is 0. The maximum Gasteiger partial charge on any atom is 0.446 e. The van der Waals surface area contributed by atoms with E-state index in [2.05, 4.69) is 14.7 Å². The number of hydrogen-bond donors (Lipinski definition) is 0. The van der Waals surface area contributed by atoms with E-state index in [0.29, 0.717) is 0 Å². The third kappa shape index (κ3) is 3.79. The van der Waals surface area contributed by atoms with E-state index in [9.17, 15) is 22.4 Å². The second-order valence-electron chi connectivity index (χ2n) is 5.91. The third-order valence-corrected chi connectivity index (χ3v) is 4.02. The van der Waals surface area contributed by atoms with Crippen LogP contribution in [-0.4, -0.2) is 67.5 Å². The van der Waals surface area contributed by atoms with Gasteiger partial charge in [-0.3, -0.25) is 0 Å². The molecule has 0 amide bonds. The second kappa shape index (κ2) is 7.74. The molecule has 152 valence electrons. The van der Waals surface area contributed by atoms with Crippen LogP contribution in [0.15, 0.2) is 34.3 Å². The van der Waals surface area contributed by atoms with Crippen molar-refractivity contribution in [2.45, 2.75) is 18.8 Å². The predicted molar refractivity (Wildman–Crippen MR) is 89.3 cm³/mol. The van der Waals surface area contributed by atoms with Gasteiger partial charge < -0.3 is 19.1 Å². The van der Waals surface area contributed by atoms with Crippen LogP contribution in [0.2, 0.25) is 0 Å². The summed E-state index contributed by atoms with van der Waals surface area (Å²) < 4.78 is 70.8. The Labute approximate surface area is 157 Å². The Kier molecular flexibility index (Phi) is 5.54. The van der Waals surface area contributed by atoms with Crippen molar-refractivity contribution in [3.63, 3.8) is 0 Å². The summed E-state index contributed by atoms with van der Waals surface area (Å²) in [5.41, 5.74) is -3.62. The van der Waals surface area contributed by atoms with Crippen LogP contribution in [0.5, 0.6) is 0 Å². The van der Waals surface area contributed by atoms with Gasteiger partial charge in [-0.2, -0.15) is 23.2 Å². The third-order valence-electron chi connectivity index (χ3n) is 4.02. The number of morpholine rings is 1. The molecule has 0 aromatic heterocycles. The van der Waals surface area contributed by atoms with Crippen LogP contribution in [0.4, 0.5) is 17.6 Å². The van der Waals surface area contributed by atoms with Crippen molar-refractivity contribution < 1.29 is 36.6 Å². The topological polar surface area (TPSA) is 72.7 Å². The van der Waals surface area contributed by atoms with Gasteiger partial charge in [0.2, 0.25) is 5.90 Å². The minimum Gasteiger partial charge on any atom is -0.462 e. The van der Waals surface area contributed by atoms with Crippen LogP contribution in [0.3, 0.4) is 0 Å². The van der Waals surface area contributed by atoms with Crippen LogP contribution in [0.25, 0.3) is 0 Å². The Balaban J connectivity index is 2.14. The zero-order valence-electron chi connectivity index (χ0n) is 14.8. The number of rotatable bonds is 3. The lowest BCUT2D eigenvalue weighted by Gasteiger charge is -2.35. The number of esters is 1. The van der Waals surface area contributed by atoms with E-state index in [-0.39, 0.29) is 38.5 Å². The molecule has 1 atom stereocenters. The van der Waals surface area contributed by atoms with Gasteiger partial charge in [0.25, 0.3) is 6.02 Å². The predicted octanol–water partition coefficient (Wildman–Crippen LogP) is 2.11. The molecule has 11 heteroatoms. The van der Waals surface area contributed by atoms with Gasteiger partial charge in [-0.25, -0.2) is 9.18 Å². The summed E-state index contributed by atoms with van der Waals surface area (Å²) in [5, 5.41) is 0. The molecule has 7 nitrogen and oxygen atoms in total. The van der Waals surface area contributed by atoms with Gasteiger partial charge in [0.1, 0.15) is 5.82 Å². The van der Waals surface area contributed by atoms with Crippen molar-refractivity contribution in [2.75, 3.05) is 32.9 Å². The van der Waals surface area contributed by atoms with Crippen LogP contribution in [0.1, 0.15) is 12.5 Å². The Hall–Kier alpha value is -2.69. The standard InChI is InChI=1S/C17H17F4N3O4/c1-2-27-14(25)16(17(19,20)21)22-13(11-4-3-5-12(18)10-11)28-15(23-16)24-6-8-26-9-7-24/h3-5,10H,2,6-9H2,1H3/t16-/m0/s1. The molecule has 2 aliphatic rings. The molecular weight excluding hydrogens is 386 g/mol. The molecule has 3 rings (SSSR count). The average molecular weight is 403 g/mol. The fraction of sp³-hybridized carbons (Fsp3) is 0.471. The SMILES string of the molecule is CCOC(=O)[C@]1(C(F)(F)F)N=C(c2cccc(F)c2)OC(N2CCOCC2)=N1. The highest BCUT2D eigenvalue weighted by molar-refractivity contribution is 6.05. The Morgan fingerprint density at radius 3 is 2.61 bits per heavy atom. The van der Waals surface area contributed by atoms with Crippen LogP contribution >= 0.6 is 0 Å². The first-order chi connectivity index (χ1) is 13.3. The van der Waals surface area contributed by atoms with Gasteiger partial charge in [-0.05, 0) is 25.1 Å². The van der Waals surface area contributed by atoms with E-state index < -0.39 is 35.5 Å². The second-order valence-corrected chi connectivity index (χ2v) is 5.91. The van der Waals surface area contributed by atoms with Gasteiger partial charge >= 0.3 is 17.8 Å². The minimum absolute atomic E-state index is 0.0708. The van der Waals surface area contributed by atoms with Gasteiger partial charge in [0.15, 0.2) is 0 Å². The molecule has 0 bridgehead atoms. The normalized spacial score (nSPS) is 22.8. The molecule has 0 spiro atoms. The number of ether oxygens (including phenoxy) is 3. The molecule has 1 fully saturated rings. The molecule has 1 saturated heterocycles. The summed E-state index contributed by atoms with van der Waals surface area (Å²) in [5.74, 6) is -2.97. The first kappa shape index (κ1) is 20.1. The highest BCUT2D eigenvalue weighted by Crippen LogP contribution is 2.39. The number of alkyl halides is 3. The van der Waals surface area contributed by atoms with E-state index >= 15 is 0 Å². The Morgan fingerprint density at radius 2 is 2.00 bits per heavy atom. The van der Waals surface area contributed by atoms with Crippen LogP contribution in [-0.2, 0) is 19.0 Å². The quantitative estimate of drug-likeness (QED) is 0.571. The lowest BCUT2D eigenvalue weighted by atomic mass is 10.1. The van der Waals surface area contributed by atoms with Crippen molar-refractivity contribution in [3.05, 3.63) is 35.6 Å². The first-order valence-electron chi connectivity index (χ1n) is 8.47. The number of hydrogen-bond acceptors (Lipinski definition) is 7. The van der Waals surface area contributed by atoms with Crippen molar-refractivity contribution in [3.8, 4) is 0 Å². The molecule has 2 aliphatic heterocycles. The minimum atomic E-state index is -5.21. The molecule has 0 unspecified atom stereocenters. The number of halogens is 4. The summed E-state index contributed by atoms with van der Waals surface area (Å²) in [6.45, 7) is 1.95. The van der Waals surface area contributed by atoms with E-state index in [1.165, 1.54) is 24.0 Å². The monoisotopic (exact) mass is 403 g/mol. The zero-order chi connectivity index (χ0) is 20.4. The van der Waals surface area contributed by atoms with E-state index in [1.54, 1.807) is 0 Å². The number of amidine groups is 1. The Bertz CT molecular complexity index is 806. The van der Waals surface area contributed by atoms with E-state index in [4.69, 9.17) is 9.47 Å². The largest absolute Gasteiger partial charge is 0.462 e. The van der Waals surface area contributed by atoms with Crippen molar-refractivity contribution in [1.82, 2.24) is 4.90 Å². The number of carbonyl (C=O) groups excluding carboxylic acids is 1.